The number of carbonyl (C=O) groups excluding carboxylic acids is 4. The van der Waals surface area contributed by atoms with Crippen molar-refractivity contribution in [3.63, 3.8) is 0 Å². The average Bonchev–Trinajstić information content (AvgIpc) is 4.05. The number of amidine groups is 1. The summed E-state index contributed by atoms with van der Waals surface area (Å²) in [6.45, 7) is 8.75. The molecule has 6 rings (SSSR count). The van der Waals surface area contributed by atoms with E-state index in [4.69, 9.17) is 14.5 Å². The lowest BCUT2D eigenvalue weighted by Gasteiger charge is -2.30. The Morgan fingerprint density at radius 1 is 0.789 bits per heavy atom. The van der Waals surface area contributed by atoms with Crippen molar-refractivity contribution in [2.24, 2.45) is 21.8 Å². The minimum atomic E-state index is -1.09. The maximum Gasteiger partial charge on any atom is 0.407 e. The molecule has 0 radical (unpaired) electrons. The summed E-state index contributed by atoms with van der Waals surface area (Å²) >= 11 is 0. The number of aliphatic imine (C=N–C) groups is 2. The lowest BCUT2D eigenvalue weighted by Crippen LogP contribution is -2.53. The number of methoxy groups -OCH3 is 2. The Morgan fingerprint density at radius 2 is 1.33 bits per heavy atom. The van der Waals surface area contributed by atoms with Crippen molar-refractivity contribution in [2.45, 2.75) is 77.5 Å². The first-order valence-corrected chi connectivity index (χ1v) is 19.3. The zero-order valence-corrected chi connectivity index (χ0v) is 33.1. The van der Waals surface area contributed by atoms with Gasteiger partial charge in [0, 0.05) is 13.1 Å². The van der Waals surface area contributed by atoms with Gasteiger partial charge in [0.1, 0.15) is 23.7 Å². The van der Waals surface area contributed by atoms with Crippen LogP contribution in [-0.2, 0) is 19.1 Å². The molecule has 0 unspecified atom stereocenters. The first kappa shape index (κ1) is 40.6. The number of rotatable bonds is 12. The number of amides is 4. The molecule has 3 aliphatic heterocycles. The number of aromatic carboxylic acids is 1. The fraction of sp³-hybridized carbons (Fsp3) is 0.463. The Bertz CT molecular complexity index is 2070. The molecule has 3 aliphatic rings. The summed E-state index contributed by atoms with van der Waals surface area (Å²) in [5.41, 5.74) is 4.17. The molecule has 3 aromatic rings. The minimum absolute atomic E-state index is 0.110. The van der Waals surface area contributed by atoms with E-state index >= 15 is 0 Å². The molecule has 302 valence electrons. The van der Waals surface area contributed by atoms with Crippen LogP contribution in [0, 0.1) is 11.8 Å². The van der Waals surface area contributed by atoms with E-state index in [0.29, 0.717) is 53.6 Å². The molecule has 0 bridgehead atoms. The lowest BCUT2D eigenvalue weighted by molar-refractivity contribution is -0.135. The molecule has 4 heterocycles. The van der Waals surface area contributed by atoms with E-state index in [0.717, 1.165) is 30.5 Å². The SMILES string of the molecule is COC(=O)N[C@H](C(=O)N1CCC[C@@H]1C1=NCC(c2ccc(-c3ccc(-c4cnc([C@H]5CCCN5C(=O)[C@@H](NC(=O)OC)C(C)C)[nH]4)cc3)c(C(=O)O)c2)=N1)C(C)C. The molecule has 4 N–H and O–H groups in total. The van der Waals surface area contributed by atoms with Crippen molar-refractivity contribution in [3.05, 3.63) is 65.6 Å². The molecule has 1 aromatic heterocycles. The van der Waals surface area contributed by atoms with Crippen LogP contribution in [0.3, 0.4) is 0 Å². The van der Waals surface area contributed by atoms with Gasteiger partial charge in [0.25, 0.3) is 0 Å². The van der Waals surface area contributed by atoms with E-state index in [2.05, 4.69) is 25.6 Å². The Kier molecular flexibility index (Phi) is 12.4. The van der Waals surface area contributed by atoms with Crippen LogP contribution in [0.15, 0.2) is 58.6 Å². The second-order valence-corrected chi connectivity index (χ2v) is 15.2. The molecule has 0 saturated carbocycles. The second kappa shape index (κ2) is 17.4. The number of hydrogen-bond acceptors (Lipinski definition) is 10. The Labute approximate surface area is 331 Å². The third kappa shape index (κ3) is 8.69. The predicted molar refractivity (Wildman–Crippen MR) is 212 cm³/mol. The lowest BCUT2D eigenvalue weighted by atomic mass is 9.95. The number of nitrogens with one attached hydrogen (secondary N) is 3. The van der Waals surface area contributed by atoms with Crippen LogP contribution < -0.4 is 10.6 Å². The van der Waals surface area contributed by atoms with Crippen molar-refractivity contribution in [3.8, 4) is 22.4 Å². The third-order valence-electron chi connectivity index (χ3n) is 10.8. The van der Waals surface area contributed by atoms with Crippen LogP contribution in [0.25, 0.3) is 22.4 Å². The smallest absolute Gasteiger partial charge is 0.407 e. The molecule has 0 spiro atoms. The highest BCUT2D eigenvalue weighted by atomic mass is 16.5. The summed E-state index contributed by atoms with van der Waals surface area (Å²) in [6, 6.07) is 10.6. The van der Waals surface area contributed by atoms with Gasteiger partial charge in [0.2, 0.25) is 11.8 Å². The molecule has 0 aliphatic carbocycles. The first-order valence-electron chi connectivity index (χ1n) is 19.3. The number of aromatic nitrogens is 2. The molecule has 16 nitrogen and oxygen atoms in total. The number of hydrogen-bond donors (Lipinski definition) is 4. The zero-order valence-electron chi connectivity index (χ0n) is 33.1. The summed E-state index contributed by atoms with van der Waals surface area (Å²) in [5, 5.41) is 15.6. The quantitative estimate of drug-likeness (QED) is 0.193. The summed E-state index contributed by atoms with van der Waals surface area (Å²) in [4.78, 5) is 84.5. The number of imidazole rings is 1. The van der Waals surface area contributed by atoms with Crippen molar-refractivity contribution in [1.29, 1.82) is 0 Å². The Hall–Kier alpha value is -6.06. The monoisotopic (exact) mass is 782 g/mol. The van der Waals surface area contributed by atoms with Crippen LogP contribution in [0.2, 0.25) is 0 Å². The first-order chi connectivity index (χ1) is 27.3. The van der Waals surface area contributed by atoms with Gasteiger partial charge < -0.3 is 40.0 Å². The Morgan fingerprint density at radius 3 is 1.89 bits per heavy atom. The molecular formula is C41H50N8O8. The number of carboxylic acid groups (broad SMARTS) is 1. The number of carboxylic acids is 1. The Balaban J connectivity index is 1.16. The van der Waals surface area contributed by atoms with Gasteiger partial charge in [-0.05, 0) is 65.8 Å². The molecule has 4 amide bonds. The van der Waals surface area contributed by atoms with Gasteiger partial charge >= 0.3 is 18.2 Å². The topological polar surface area (TPSA) is 208 Å². The second-order valence-electron chi connectivity index (χ2n) is 15.2. The standard InChI is InChI=1S/C41H50N8O8/c1-22(2)33(46-40(54)56-5)37(50)48-17-7-9-31(48)35-42-20-29(44-35)25-13-11-24(12-14-25)27-16-15-26(19-28(27)39(52)53)30-21-43-36(45-30)32-10-8-18-49(32)38(51)34(23(3)4)47-41(55)57-6/h11-16,19-20,22-23,31-34H,7-10,17-18,21H2,1-6H3,(H,42,44)(H,46,54)(H,47,55)(H,52,53)/t31-,32-,33+,34+/m1/s1. The molecule has 2 fully saturated rings. The van der Waals surface area contributed by atoms with E-state index in [1.807, 2.05) is 58.0 Å². The van der Waals surface area contributed by atoms with Crippen LogP contribution in [0.1, 0.15) is 81.2 Å². The van der Waals surface area contributed by atoms with Crippen LogP contribution in [-0.4, -0.2) is 118 Å². The maximum absolute atomic E-state index is 13.6. The average molecular weight is 783 g/mol. The largest absolute Gasteiger partial charge is 0.478 e. The number of likely N-dealkylation sites (tertiary alicyclic amines) is 2. The van der Waals surface area contributed by atoms with E-state index in [-0.39, 0.29) is 47.8 Å². The highest BCUT2D eigenvalue weighted by molar-refractivity contribution is 6.15. The van der Waals surface area contributed by atoms with E-state index in [1.54, 1.807) is 28.1 Å². The maximum atomic E-state index is 13.6. The highest BCUT2D eigenvalue weighted by Crippen LogP contribution is 2.34. The van der Waals surface area contributed by atoms with Crippen LogP contribution >= 0.6 is 0 Å². The van der Waals surface area contributed by atoms with Gasteiger partial charge in [-0.3, -0.25) is 14.6 Å². The van der Waals surface area contributed by atoms with Crippen molar-refractivity contribution < 1.29 is 38.6 Å². The molecular weight excluding hydrogens is 732 g/mol. The van der Waals surface area contributed by atoms with Gasteiger partial charge in [-0.25, -0.2) is 24.4 Å². The minimum Gasteiger partial charge on any atom is -0.478 e. The van der Waals surface area contributed by atoms with Crippen LogP contribution in [0.5, 0.6) is 0 Å². The fourth-order valence-electron chi connectivity index (χ4n) is 7.70. The summed E-state index contributed by atoms with van der Waals surface area (Å²) in [7, 11) is 2.52. The summed E-state index contributed by atoms with van der Waals surface area (Å²) in [5.74, 6) is -0.650. The van der Waals surface area contributed by atoms with Gasteiger partial charge in [0.05, 0.1) is 56.0 Å². The molecule has 57 heavy (non-hydrogen) atoms. The molecule has 16 heteroatoms. The predicted octanol–water partition coefficient (Wildman–Crippen LogP) is 5.06. The normalized spacial score (nSPS) is 18.9. The van der Waals surface area contributed by atoms with Crippen molar-refractivity contribution in [1.82, 2.24) is 30.4 Å². The molecule has 4 atom stereocenters. The van der Waals surface area contributed by atoms with Gasteiger partial charge in [-0.2, -0.15) is 0 Å². The number of aromatic amines is 1. The summed E-state index contributed by atoms with van der Waals surface area (Å²) in [6.07, 6.45) is 3.35. The number of carbonyl (C=O) groups is 5. The number of ether oxygens (including phenoxy) is 2. The van der Waals surface area contributed by atoms with E-state index in [1.165, 1.54) is 14.2 Å². The van der Waals surface area contributed by atoms with Gasteiger partial charge in [0.15, 0.2) is 0 Å². The van der Waals surface area contributed by atoms with Crippen molar-refractivity contribution >= 4 is 41.5 Å². The molecule has 2 aromatic carbocycles. The van der Waals surface area contributed by atoms with E-state index < -0.39 is 30.2 Å². The fourth-order valence-corrected chi connectivity index (χ4v) is 7.70. The highest BCUT2D eigenvalue weighted by Gasteiger charge is 2.40. The van der Waals surface area contributed by atoms with Gasteiger partial charge in [-0.15, -0.1) is 0 Å². The number of nitrogens with zero attached hydrogens (tertiary/aromatic N) is 5. The number of benzene rings is 2. The number of H-pyrrole nitrogens is 1. The molecule has 2 saturated heterocycles. The van der Waals surface area contributed by atoms with Crippen LogP contribution in [0.4, 0.5) is 9.59 Å². The van der Waals surface area contributed by atoms with E-state index in [9.17, 15) is 29.1 Å². The number of alkyl carbamates (subject to hydrolysis) is 2. The van der Waals surface area contributed by atoms with Crippen molar-refractivity contribution in [2.75, 3.05) is 33.9 Å². The third-order valence-corrected chi connectivity index (χ3v) is 10.8. The zero-order chi connectivity index (χ0) is 41.0. The summed E-state index contributed by atoms with van der Waals surface area (Å²) < 4.78 is 9.47. The van der Waals surface area contributed by atoms with Gasteiger partial charge in [-0.1, -0.05) is 64.1 Å².